The molecule has 1 aliphatic rings. The average Bonchev–Trinajstić information content (AvgIpc) is 3.42. The lowest BCUT2D eigenvalue weighted by atomic mass is 10.1. The monoisotopic (exact) mass is 634 g/mol. The molecule has 0 amide bonds. The number of esters is 1. The molecule has 2 aromatic carbocycles. The fourth-order valence-corrected chi connectivity index (χ4v) is 5.70. The van der Waals surface area contributed by atoms with Gasteiger partial charge in [0.05, 0.1) is 0 Å². The van der Waals surface area contributed by atoms with Gasteiger partial charge in [0.1, 0.15) is 17.6 Å². The first kappa shape index (κ1) is 34.2. The predicted octanol–water partition coefficient (Wildman–Crippen LogP) is 9.08. The van der Waals surface area contributed by atoms with Crippen molar-refractivity contribution in [3.8, 4) is 11.5 Å². The molecule has 3 rings (SSSR count). The molecule has 2 unspecified atom stereocenters. The van der Waals surface area contributed by atoms with Crippen LogP contribution in [0.4, 0.5) is 0 Å². The van der Waals surface area contributed by atoms with E-state index in [9.17, 15) is 9.35 Å². The topological polar surface area (TPSA) is 67.8 Å². The largest absolute Gasteiger partial charge is 0.616 e. The van der Waals surface area contributed by atoms with Crippen molar-refractivity contribution in [1.29, 1.82) is 0 Å². The second kappa shape index (κ2) is 20.0. The number of carbonyl (C=O) groups is 1. The lowest BCUT2D eigenvalue weighted by molar-refractivity contribution is -0.140. The lowest BCUT2D eigenvalue weighted by Crippen LogP contribution is -2.23. The Morgan fingerprint density at radius 2 is 1.62 bits per heavy atom. The van der Waals surface area contributed by atoms with E-state index < -0.39 is 11.2 Å². The summed E-state index contributed by atoms with van der Waals surface area (Å²) in [6.07, 6.45) is 13.5. The highest BCUT2D eigenvalue weighted by atomic mass is 79.9. The van der Waals surface area contributed by atoms with Crippen molar-refractivity contribution in [3.63, 3.8) is 0 Å². The first-order valence-electron chi connectivity index (χ1n) is 14.7. The Labute approximate surface area is 253 Å². The average molecular weight is 636 g/mol. The fraction of sp³-hybridized carbons (Fsp3) is 0.545. The Balaban J connectivity index is 0.000000286. The molecule has 2 atom stereocenters. The molecular weight excluding hydrogens is 588 g/mol. The molecule has 5 nitrogen and oxygen atoms in total. The van der Waals surface area contributed by atoms with Gasteiger partial charge in [0.25, 0.3) is 0 Å². The van der Waals surface area contributed by atoms with Gasteiger partial charge >= 0.3 is 5.97 Å². The number of unbranched alkanes of at least 4 members (excludes halogenated alkanes) is 7. The van der Waals surface area contributed by atoms with Crippen LogP contribution in [-0.4, -0.2) is 28.3 Å². The van der Waals surface area contributed by atoms with E-state index in [1.807, 2.05) is 48.5 Å². The molecule has 0 spiro atoms. The Hall–Kier alpha value is -1.96. The summed E-state index contributed by atoms with van der Waals surface area (Å²) in [6.45, 7) is 8.88. The highest BCUT2D eigenvalue weighted by Crippen LogP contribution is 2.33. The maximum absolute atomic E-state index is 12.3. The van der Waals surface area contributed by atoms with Crippen LogP contribution in [-0.2, 0) is 33.7 Å². The Bertz CT molecular complexity index is 1020. The SMILES string of the molecule is CCCC/C=C(/C)C(=O)OCc1ccc(Br)cc1.CCCCCCCC[S+]([O-])C(C)Cc1ccc2c(c1)OCO2. The van der Waals surface area contributed by atoms with Gasteiger partial charge in [-0.05, 0) is 68.5 Å². The molecule has 1 heterocycles. The Kier molecular flexibility index (Phi) is 17.1. The van der Waals surface area contributed by atoms with Crippen LogP contribution in [0.2, 0.25) is 0 Å². The summed E-state index contributed by atoms with van der Waals surface area (Å²) >= 11 is 2.62. The molecule has 0 fully saturated rings. The maximum atomic E-state index is 12.3. The number of carbonyl (C=O) groups excluding carboxylic acids is 1. The van der Waals surface area contributed by atoms with E-state index in [2.05, 4.69) is 36.7 Å². The third kappa shape index (κ3) is 13.6. The first-order chi connectivity index (χ1) is 19.3. The Morgan fingerprint density at radius 1 is 0.975 bits per heavy atom. The van der Waals surface area contributed by atoms with Crippen molar-refractivity contribution in [2.24, 2.45) is 0 Å². The molecule has 222 valence electrons. The third-order valence-electron chi connectivity index (χ3n) is 6.72. The zero-order valence-electron chi connectivity index (χ0n) is 24.7. The van der Waals surface area contributed by atoms with Crippen LogP contribution in [0.1, 0.15) is 96.6 Å². The molecule has 0 saturated carbocycles. The van der Waals surface area contributed by atoms with Crippen LogP contribution in [0.25, 0.3) is 0 Å². The van der Waals surface area contributed by atoms with Crippen molar-refractivity contribution in [2.45, 2.75) is 104 Å². The van der Waals surface area contributed by atoms with E-state index in [1.54, 1.807) is 6.92 Å². The van der Waals surface area contributed by atoms with Crippen molar-refractivity contribution < 1.29 is 23.6 Å². The molecule has 1 aliphatic heterocycles. The zero-order chi connectivity index (χ0) is 29.2. The number of ether oxygens (including phenoxy) is 3. The minimum Gasteiger partial charge on any atom is -0.616 e. The minimum atomic E-state index is -0.743. The number of benzene rings is 2. The van der Waals surface area contributed by atoms with E-state index in [-0.39, 0.29) is 11.2 Å². The quantitative estimate of drug-likeness (QED) is 0.0797. The van der Waals surface area contributed by atoms with Gasteiger partial charge in [-0.3, -0.25) is 0 Å². The number of hydrogen-bond acceptors (Lipinski definition) is 5. The fourth-order valence-electron chi connectivity index (χ4n) is 4.17. The number of halogens is 1. The first-order valence-corrected chi connectivity index (χ1v) is 16.9. The number of allylic oxidation sites excluding steroid dienone is 1. The van der Waals surface area contributed by atoms with Crippen LogP contribution in [0.15, 0.2) is 58.6 Å². The van der Waals surface area contributed by atoms with Crippen LogP contribution in [0.5, 0.6) is 11.5 Å². The molecule has 0 radical (unpaired) electrons. The van der Waals surface area contributed by atoms with E-state index in [0.717, 1.165) is 59.4 Å². The van der Waals surface area contributed by atoms with Gasteiger partial charge in [-0.1, -0.05) is 104 Å². The van der Waals surface area contributed by atoms with Crippen molar-refractivity contribution in [1.82, 2.24) is 0 Å². The van der Waals surface area contributed by atoms with Crippen LogP contribution >= 0.6 is 15.9 Å². The standard InChI is InChI=1S/C18H28O3S.C15H19BrO2/c1-3-4-5-6-7-8-11-22(19)15(2)12-16-9-10-17-18(13-16)21-14-20-17;1-3-4-5-6-12(2)15(17)18-11-13-7-9-14(16)10-8-13/h9-10,13,15H,3-8,11-12,14H2,1-2H3;6-10H,3-5,11H2,1-2H3/b;12-6-. The number of hydrogen-bond donors (Lipinski definition) is 0. The van der Waals surface area contributed by atoms with Gasteiger partial charge in [0.15, 0.2) is 11.5 Å². The van der Waals surface area contributed by atoms with Gasteiger partial charge in [-0.15, -0.1) is 0 Å². The molecule has 40 heavy (non-hydrogen) atoms. The van der Waals surface area contributed by atoms with Crippen molar-refractivity contribution in [2.75, 3.05) is 12.5 Å². The summed E-state index contributed by atoms with van der Waals surface area (Å²) in [7, 11) is 0. The molecule has 2 aromatic rings. The van der Waals surface area contributed by atoms with Gasteiger partial charge in [-0.2, -0.15) is 0 Å². The maximum Gasteiger partial charge on any atom is 0.333 e. The van der Waals surface area contributed by atoms with Gasteiger partial charge in [-0.25, -0.2) is 4.79 Å². The van der Waals surface area contributed by atoms with Crippen molar-refractivity contribution >= 4 is 33.1 Å². The summed E-state index contributed by atoms with van der Waals surface area (Å²) in [4.78, 5) is 11.7. The third-order valence-corrected chi connectivity index (χ3v) is 9.01. The normalized spacial score (nSPS) is 13.8. The second-order valence-corrected chi connectivity index (χ2v) is 13.2. The molecule has 0 aromatic heterocycles. The lowest BCUT2D eigenvalue weighted by Gasteiger charge is -2.18. The summed E-state index contributed by atoms with van der Waals surface area (Å²) in [5.41, 5.74) is 2.86. The number of rotatable bonds is 16. The molecule has 0 saturated heterocycles. The van der Waals surface area contributed by atoms with E-state index in [0.29, 0.717) is 19.0 Å². The highest BCUT2D eigenvalue weighted by Gasteiger charge is 2.19. The summed E-state index contributed by atoms with van der Waals surface area (Å²) in [6, 6.07) is 13.8. The van der Waals surface area contributed by atoms with E-state index >= 15 is 0 Å². The van der Waals surface area contributed by atoms with Crippen LogP contribution < -0.4 is 9.47 Å². The summed E-state index contributed by atoms with van der Waals surface area (Å²) in [5.74, 6) is 2.22. The predicted molar refractivity (Wildman–Crippen MR) is 169 cm³/mol. The Morgan fingerprint density at radius 3 is 2.35 bits per heavy atom. The van der Waals surface area contributed by atoms with Gasteiger partial charge in [0, 0.05) is 16.5 Å². The molecule has 7 heteroatoms. The van der Waals surface area contributed by atoms with Crippen LogP contribution in [0, 0.1) is 0 Å². The van der Waals surface area contributed by atoms with Crippen LogP contribution in [0.3, 0.4) is 0 Å². The summed E-state index contributed by atoms with van der Waals surface area (Å²) in [5, 5.41) is 0.191. The highest BCUT2D eigenvalue weighted by molar-refractivity contribution is 9.10. The van der Waals surface area contributed by atoms with Gasteiger partial charge in [0.2, 0.25) is 6.79 Å². The molecule has 0 aliphatic carbocycles. The smallest absolute Gasteiger partial charge is 0.333 e. The van der Waals surface area contributed by atoms with E-state index in [4.69, 9.17) is 14.2 Å². The van der Waals surface area contributed by atoms with Gasteiger partial charge < -0.3 is 18.8 Å². The number of fused-ring (bicyclic) bond motifs is 1. The van der Waals surface area contributed by atoms with Crippen molar-refractivity contribution in [3.05, 3.63) is 69.7 Å². The minimum absolute atomic E-state index is 0.191. The molecular formula is C33H47BrO5S. The summed E-state index contributed by atoms with van der Waals surface area (Å²) < 4.78 is 29.3. The molecule has 0 N–H and O–H groups in total. The molecule has 0 bridgehead atoms. The zero-order valence-corrected chi connectivity index (χ0v) is 27.1. The second-order valence-electron chi connectivity index (χ2n) is 10.3. The van der Waals surface area contributed by atoms with E-state index in [1.165, 1.54) is 37.7 Å².